The molecular weight excluding hydrogens is 246 g/mol. The first kappa shape index (κ1) is 12.2. The predicted molar refractivity (Wildman–Crippen MR) is 67.6 cm³/mol. The minimum atomic E-state index is -0.944. The summed E-state index contributed by atoms with van der Waals surface area (Å²) in [5.41, 5.74) is 0.680. The molecule has 0 aliphatic carbocycles. The quantitative estimate of drug-likeness (QED) is 0.864. The molecule has 0 spiro atoms. The lowest BCUT2D eigenvalue weighted by atomic mass is 9.78. The molecular formula is C14H15NO4. The smallest absolute Gasteiger partial charge is 0.310 e. The summed E-state index contributed by atoms with van der Waals surface area (Å²) in [6.07, 6.45) is 0.932. The molecule has 5 heteroatoms. The molecule has 1 aromatic rings. The number of amides is 1. The summed E-state index contributed by atoms with van der Waals surface area (Å²) >= 11 is 0. The fourth-order valence-electron chi connectivity index (χ4n) is 3.07. The minimum absolute atomic E-state index is 0.255. The molecule has 2 fully saturated rings. The van der Waals surface area contributed by atoms with Crippen molar-refractivity contribution in [1.82, 2.24) is 0 Å². The third-order valence-corrected chi connectivity index (χ3v) is 3.90. The van der Waals surface area contributed by atoms with Gasteiger partial charge in [-0.2, -0.15) is 0 Å². The van der Waals surface area contributed by atoms with E-state index in [0.29, 0.717) is 5.69 Å². The largest absolute Gasteiger partial charge is 0.481 e. The van der Waals surface area contributed by atoms with E-state index in [2.05, 4.69) is 5.32 Å². The number of carbonyl (C=O) groups is 2. The summed E-state index contributed by atoms with van der Waals surface area (Å²) < 4.78 is 5.58. The summed E-state index contributed by atoms with van der Waals surface area (Å²) in [6, 6.07) is 9.06. The number of hydrogen-bond donors (Lipinski definition) is 2. The Labute approximate surface area is 110 Å². The number of aliphatic carboxylic acids is 1. The van der Waals surface area contributed by atoms with E-state index in [9.17, 15) is 14.7 Å². The Bertz CT molecular complexity index is 501. The van der Waals surface area contributed by atoms with E-state index in [1.54, 1.807) is 12.1 Å². The number of anilines is 1. The van der Waals surface area contributed by atoms with E-state index in [4.69, 9.17) is 4.74 Å². The van der Waals surface area contributed by atoms with Gasteiger partial charge in [0.15, 0.2) is 0 Å². The zero-order valence-electron chi connectivity index (χ0n) is 10.3. The number of hydrogen-bond acceptors (Lipinski definition) is 3. The Hall–Kier alpha value is -1.88. The first-order valence-corrected chi connectivity index (χ1v) is 6.41. The summed E-state index contributed by atoms with van der Waals surface area (Å²) in [6.45, 7) is 0. The van der Waals surface area contributed by atoms with E-state index in [-0.39, 0.29) is 18.1 Å². The number of carbonyl (C=O) groups excluding carboxylic acids is 1. The van der Waals surface area contributed by atoms with E-state index in [1.807, 2.05) is 18.2 Å². The number of carboxylic acid groups (broad SMARTS) is 1. The molecule has 2 aliphatic rings. The molecule has 1 amide bonds. The Kier molecular flexibility index (Phi) is 2.98. The summed E-state index contributed by atoms with van der Waals surface area (Å²) in [5.74, 6) is -2.51. The molecule has 19 heavy (non-hydrogen) atoms. The molecule has 2 bridgehead atoms. The lowest BCUT2D eigenvalue weighted by Gasteiger charge is -2.23. The van der Waals surface area contributed by atoms with Crippen molar-refractivity contribution in [2.45, 2.75) is 25.0 Å². The number of carboxylic acids is 1. The van der Waals surface area contributed by atoms with Gasteiger partial charge in [0.05, 0.1) is 24.0 Å². The Morgan fingerprint density at radius 1 is 1.11 bits per heavy atom. The van der Waals surface area contributed by atoms with E-state index >= 15 is 0 Å². The van der Waals surface area contributed by atoms with Crippen molar-refractivity contribution in [1.29, 1.82) is 0 Å². The monoisotopic (exact) mass is 261 g/mol. The lowest BCUT2D eigenvalue weighted by molar-refractivity contribution is -0.147. The normalized spacial score (nSPS) is 32.2. The maximum Gasteiger partial charge on any atom is 0.310 e. The first-order valence-electron chi connectivity index (χ1n) is 6.41. The third kappa shape index (κ3) is 2.10. The average molecular weight is 261 g/mol. The van der Waals surface area contributed by atoms with Crippen molar-refractivity contribution in [2.75, 3.05) is 5.32 Å². The van der Waals surface area contributed by atoms with Crippen molar-refractivity contribution >= 4 is 17.6 Å². The number of ether oxygens (including phenoxy) is 1. The van der Waals surface area contributed by atoms with Crippen molar-refractivity contribution in [2.24, 2.45) is 11.8 Å². The van der Waals surface area contributed by atoms with Gasteiger partial charge in [0, 0.05) is 5.69 Å². The van der Waals surface area contributed by atoms with Gasteiger partial charge in [-0.3, -0.25) is 9.59 Å². The van der Waals surface area contributed by atoms with Gasteiger partial charge in [0.2, 0.25) is 5.91 Å². The van der Waals surface area contributed by atoms with Crippen molar-refractivity contribution in [3.63, 3.8) is 0 Å². The highest BCUT2D eigenvalue weighted by Crippen LogP contribution is 2.44. The second-order valence-corrected chi connectivity index (χ2v) is 5.04. The molecule has 2 N–H and O–H groups in total. The minimum Gasteiger partial charge on any atom is -0.481 e. The highest BCUT2D eigenvalue weighted by atomic mass is 16.5. The van der Waals surface area contributed by atoms with Crippen molar-refractivity contribution in [3.8, 4) is 0 Å². The van der Waals surface area contributed by atoms with Crippen LogP contribution in [0.15, 0.2) is 30.3 Å². The van der Waals surface area contributed by atoms with E-state index in [1.165, 1.54) is 0 Å². The molecule has 0 radical (unpaired) electrons. The molecule has 3 rings (SSSR count). The second kappa shape index (κ2) is 4.66. The summed E-state index contributed by atoms with van der Waals surface area (Å²) in [7, 11) is 0. The molecule has 2 heterocycles. The van der Waals surface area contributed by atoms with Gasteiger partial charge >= 0.3 is 5.97 Å². The summed E-state index contributed by atoms with van der Waals surface area (Å²) in [4.78, 5) is 23.6. The second-order valence-electron chi connectivity index (χ2n) is 5.04. The molecule has 2 saturated heterocycles. The molecule has 5 nitrogen and oxygen atoms in total. The zero-order valence-corrected chi connectivity index (χ0v) is 10.3. The Morgan fingerprint density at radius 2 is 1.74 bits per heavy atom. The van der Waals surface area contributed by atoms with Gasteiger partial charge in [-0.15, -0.1) is 0 Å². The van der Waals surface area contributed by atoms with Crippen LogP contribution in [-0.4, -0.2) is 29.2 Å². The highest BCUT2D eigenvalue weighted by Gasteiger charge is 2.55. The molecule has 100 valence electrons. The van der Waals surface area contributed by atoms with Gasteiger partial charge in [-0.1, -0.05) is 18.2 Å². The third-order valence-electron chi connectivity index (χ3n) is 3.90. The lowest BCUT2D eigenvalue weighted by Crippen LogP contribution is -2.40. The van der Waals surface area contributed by atoms with Crippen LogP contribution in [0.4, 0.5) is 5.69 Å². The van der Waals surface area contributed by atoms with Crippen molar-refractivity contribution in [3.05, 3.63) is 30.3 Å². The number of rotatable bonds is 3. The van der Waals surface area contributed by atoms with Crippen LogP contribution >= 0.6 is 0 Å². The molecule has 1 aromatic carbocycles. The van der Waals surface area contributed by atoms with E-state index in [0.717, 1.165) is 12.8 Å². The summed E-state index contributed by atoms with van der Waals surface area (Å²) in [5, 5.41) is 12.0. The number of benzene rings is 1. The van der Waals surface area contributed by atoms with Gasteiger partial charge in [-0.25, -0.2) is 0 Å². The Balaban J connectivity index is 1.77. The van der Waals surface area contributed by atoms with Gasteiger partial charge in [0.1, 0.15) is 0 Å². The van der Waals surface area contributed by atoms with Gasteiger partial charge in [-0.05, 0) is 25.0 Å². The average Bonchev–Trinajstić information content (AvgIpc) is 2.99. The van der Waals surface area contributed by atoms with Gasteiger partial charge < -0.3 is 15.2 Å². The highest BCUT2D eigenvalue weighted by molar-refractivity contribution is 5.96. The first-order chi connectivity index (χ1) is 9.16. The van der Waals surface area contributed by atoms with Crippen LogP contribution in [0.3, 0.4) is 0 Å². The van der Waals surface area contributed by atoms with Crippen molar-refractivity contribution < 1.29 is 19.4 Å². The van der Waals surface area contributed by atoms with Crippen LogP contribution in [0.1, 0.15) is 12.8 Å². The zero-order chi connectivity index (χ0) is 13.4. The maximum atomic E-state index is 12.3. The van der Waals surface area contributed by atoms with Crippen LogP contribution in [0.2, 0.25) is 0 Å². The molecule has 4 atom stereocenters. The van der Waals surface area contributed by atoms with Crippen LogP contribution in [0, 0.1) is 11.8 Å². The topological polar surface area (TPSA) is 75.6 Å². The molecule has 0 unspecified atom stereocenters. The van der Waals surface area contributed by atoms with Crippen LogP contribution in [0.25, 0.3) is 0 Å². The number of para-hydroxylation sites is 1. The fraction of sp³-hybridized carbons (Fsp3) is 0.429. The van der Waals surface area contributed by atoms with Crippen LogP contribution < -0.4 is 5.32 Å². The van der Waals surface area contributed by atoms with Crippen LogP contribution in [0.5, 0.6) is 0 Å². The fourth-order valence-corrected chi connectivity index (χ4v) is 3.07. The molecule has 0 saturated carbocycles. The standard InChI is InChI=1S/C14H15NO4/c16-13(15-8-4-2-1-3-5-8)11-9-6-7-10(19-9)12(11)14(17)18/h1-5,9-12H,6-7H2,(H,15,16)(H,17,18)/t9-,10+,11-,12+/m0/s1. The Morgan fingerprint density at radius 3 is 2.37 bits per heavy atom. The SMILES string of the molecule is O=C(Nc1ccccc1)[C@@H]1[C@H](C(=O)O)[C@H]2CC[C@@H]1O2. The maximum absolute atomic E-state index is 12.3. The molecule has 2 aliphatic heterocycles. The molecule has 0 aromatic heterocycles. The van der Waals surface area contributed by atoms with E-state index < -0.39 is 17.8 Å². The predicted octanol–water partition coefficient (Wildman–Crippen LogP) is 1.50. The van der Waals surface area contributed by atoms with Gasteiger partial charge in [0.25, 0.3) is 0 Å². The number of fused-ring (bicyclic) bond motifs is 2. The van der Waals surface area contributed by atoms with Crippen LogP contribution in [-0.2, 0) is 14.3 Å². The number of nitrogens with one attached hydrogen (secondary N) is 1.